The number of rotatable bonds is 1. The normalized spacial score (nSPS) is 23.7. The lowest BCUT2D eigenvalue weighted by atomic mass is 9.89. The Morgan fingerprint density at radius 3 is 2.58 bits per heavy atom. The third-order valence-electron chi connectivity index (χ3n) is 4.68. The van der Waals surface area contributed by atoms with Crippen molar-refractivity contribution in [2.75, 3.05) is 13.2 Å². The smallest absolute Gasteiger partial charge is 0.411 e. The Bertz CT molecular complexity index is 672. The van der Waals surface area contributed by atoms with Gasteiger partial charge in [-0.2, -0.15) is 0 Å². The lowest BCUT2D eigenvalue weighted by molar-refractivity contribution is -0.0510. The van der Waals surface area contributed by atoms with Gasteiger partial charge in [0.15, 0.2) is 0 Å². The number of nitrogens with zero attached hydrogens (tertiary/aromatic N) is 1. The van der Waals surface area contributed by atoms with Gasteiger partial charge < -0.3 is 9.47 Å². The number of carbonyl (C=O) groups is 1. The predicted molar refractivity (Wildman–Crippen MR) is 95.0 cm³/mol. The van der Waals surface area contributed by atoms with Gasteiger partial charge in [-0.1, -0.05) is 24.3 Å². The van der Waals surface area contributed by atoms with Crippen LogP contribution in [0, 0.1) is 13.8 Å². The number of morpholine rings is 1. The minimum atomic E-state index is -0.482. The van der Waals surface area contributed by atoms with Gasteiger partial charge in [0.25, 0.3) is 0 Å². The second kappa shape index (κ2) is 6.25. The first kappa shape index (κ1) is 17.0. The van der Waals surface area contributed by atoms with Crippen LogP contribution in [0.25, 0.3) is 5.57 Å². The summed E-state index contributed by atoms with van der Waals surface area (Å²) in [4.78, 5) is 14.4. The summed E-state index contributed by atoms with van der Waals surface area (Å²) in [5.74, 6) is 0. The van der Waals surface area contributed by atoms with Gasteiger partial charge in [-0.15, -0.1) is 0 Å². The number of amides is 1. The molecule has 0 N–H and O–H groups in total. The van der Waals surface area contributed by atoms with Crippen molar-refractivity contribution in [3.8, 4) is 0 Å². The summed E-state index contributed by atoms with van der Waals surface area (Å²) < 4.78 is 11.3. The van der Waals surface area contributed by atoms with E-state index in [4.69, 9.17) is 9.47 Å². The molecule has 2 heterocycles. The summed E-state index contributed by atoms with van der Waals surface area (Å²) >= 11 is 0. The van der Waals surface area contributed by atoms with E-state index in [0.29, 0.717) is 13.2 Å². The van der Waals surface area contributed by atoms with Crippen molar-refractivity contribution in [2.24, 2.45) is 0 Å². The molecule has 2 aliphatic heterocycles. The highest BCUT2D eigenvalue weighted by atomic mass is 16.6. The maximum absolute atomic E-state index is 12.6. The van der Waals surface area contributed by atoms with E-state index in [1.165, 1.54) is 22.3 Å². The molecule has 0 aliphatic carbocycles. The molecule has 0 aromatic heterocycles. The molecule has 1 saturated heterocycles. The van der Waals surface area contributed by atoms with Crippen molar-refractivity contribution in [1.29, 1.82) is 0 Å². The molecule has 2 unspecified atom stereocenters. The van der Waals surface area contributed by atoms with Crippen LogP contribution in [0.4, 0.5) is 4.79 Å². The first-order valence-corrected chi connectivity index (χ1v) is 8.62. The molecule has 1 fully saturated rings. The monoisotopic (exact) mass is 329 g/mol. The fourth-order valence-corrected chi connectivity index (χ4v) is 3.35. The van der Waals surface area contributed by atoms with Crippen LogP contribution in [0.15, 0.2) is 24.3 Å². The van der Waals surface area contributed by atoms with Crippen molar-refractivity contribution >= 4 is 11.7 Å². The predicted octanol–water partition coefficient (Wildman–Crippen LogP) is 4.10. The van der Waals surface area contributed by atoms with Gasteiger partial charge in [-0.3, -0.25) is 4.90 Å². The molecular formula is C20H27NO3. The van der Waals surface area contributed by atoms with E-state index in [1.807, 2.05) is 25.7 Å². The van der Waals surface area contributed by atoms with Crippen molar-refractivity contribution in [3.63, 3.8) is 0 Å². The molecule has 4 heteroatoms. The molecule has 0 radical (unpaired) electrons. The molecule has 0 spiro atoms. The quantitative estimate of drug-likeness (QED) is 0.779. The van der Waals surface area contributed by atoms with Gasteiger partial charge in [0.2, 0.25) is 0 Å². The number of carbonyl (C=O) groups excluding carboxylic acids is 1. The molecule has 1 aromatic carbocycles. The Kier molecular flexibility index (Phi) is 4.43. The van der Waals surface area contributed by atoms with Gasteiger partial charge in [0.1, 0.15) is 5.60 Å². The number of benzene rings is 1. The van der Waals surface area contributed by atoms with Crippen LogP contribution in [-0.2, 0) is 9.47 Å². The van der Waals surface area contributed by atoms with Crippen LogP contribution < -0.4 is 0 Å². The molecule has 2 bridgehead atoms. The highest BCUT2D eigenvalue weighted by molar-refractivity contribution is 5.75. The van der Waals surface area contributed by atoms with Gasteiger partial charge in [-0.05, 0) is 63.3 Å². The Morgan fingerprint density at radius 2 is 1.96 bits per heavy atom. The van der Waals surface area contributed by atoms with E-state index in [2.05, 4.69) is 38.1 Å². The van der Waals surface area contributed by atoms with E-state index < -0.39 is 5.60 Å². The number of ether oxygens (including phenoxy) is 2. The highest BCUT2D eigenvalue weighted by Crippen LogP contribution is 2.34. The average Bonchev–Trinajstić information content (AvgIpc) is 2.47. The zero-order valence-corrected chi connectivity index (χ0v) is 15.3. The molecule has 3 rings (SSSR count). The maximum Gasteiger partial charge on any atom is 0.411 e. The summed E-state index contributed by atoms with van der Waals surface area (Å²) in [6.45, 7) is 11.1. The Balaban J connectivity index is 1.87. The molecule has 2 atom stereocenters. The SMILES string of the molecule is Cc1ccc(C2=CC3COCC(C2)N3C(=O)OC(C)(C)C)cc1C. The highest BCUT2D eigenvalue weighted by Gasteiger charge is 2.40. The summed E-state index contributed by atoms with van der Waals surface area (Å²) in [7, 11) is 0. The minimum absolute atomic E-state index is 0.0419. The zero-order valence-electron chi connectivity index (χ0n) is 15.3. The van der Waals surface area contributed by atoms with Gasteiger partial charge in [0.05, 0.1) is 25.3 Å². The lowest BCUT2D eigenvalue weighted by Crippen LogP contribution is -2.57. The van der Waals surface area contributed by atoms with Gasteiger partial charge >= 0.3 is 6.09 Å². The van der Waals surface area contributed by atoms with E-state index >= 15 is 0 Å². The molecule has 1 aromatic rings. The number of fused-ring (bicyclic) bond motifs is 2. The largest absolute Gasteiger partial charge is 0.444 e. The molecule has 130 valence electrons. The van der Waals surface area contributed by atoms with Crippen LogP contribution in [0.2, 0.25) is 0 Å². The van der Waals surface area contributed by atoms with Crippen LogP contribution in [0.1, 0.15) is 43.9 Å². The van der Waals surface area contributed by atoms with E-state index in [-0.39, 0.29) is 18.2 Å². The van der Waals surface area contributed by atoms with Gasteiger partial charge in [-0.25, -0.2) is 4.79 Å². The number of hydrogen-bond donors (Lipinski definition) is 0. The third kappa shape index (κ3) is 3.48. The van der Waals surface area contributed by atoms with Crippen molar-refractivity contribution in [3.05, 3.63) is 41.0 Å². The zero-order chi connectivity index (χ0) is 17.5. The standard InChI is InChI=1S/C20H27NO3/c1-13-6-7-15(8-14(13)2)16-9-17-11-23-12-18(10-16)21(17)19(22)24-20(3,4)5/h6-9,17-18H,10-12H2,1-5H3. The topological polar surface area (TPSA) is 38.8 Å². The Labute approximate surface area is 144 Å². The molecule has 0 saturated carbocycles. The summed E-state index contributed by atoms with van der Waals surface area (Å²) in [5, 5.41) is 0. The number of hydrogen-bond acceptors (Lipinski definition) is 3. The second-order valence-electron chi connectivity index (χ2n) is 7.84. The number of aryl methyl sites for hydroxylation is 2. The molecule has 4 nitrogen and oxygen atoms in total. The van der Waals surface area contributed by atoms with Crippen LogP contribution in [-0.4, -0.2) is 41.9 Å². The fraction of sp³-hybridized carbons (Fsp3) is 0.550. The van der Waals surface area contributed by atoms with E-state index in [0.717, 1.165) is 6.42 Å². The summed E-state index contributed by atoms with van der Waals surface area (Å²) in [6, 6.07) is 6.57. The summed E-state index contributed by atoms with van der Waals surface area (Å²) in [6.07, 6.45) is 2.73. The van der Waals surface area contributed by atoms with E-state index in [9.17, 15) is 4.79 Å². The first-order valence-electron chi connectivity index (χ1n) is 8.62. The second-order valence-corrected chi connectivity index (χ2v) is 7.84. The van der Waals surface area contributed by atoms with Crippen molar-refractivity contribution < 1.29 is 14.3 Å². The molecule has 24 heavy (non-hydrogen) atoms. The maximum atomic E-state index is 12.6. The molecule has 1 amide bonds. The average molecular weight is 329 g/mol. The minimum Gasteiger partial charge on any atom is -0.444 e. The first-order chi connectivity index (χ1) is 11.2. The summed E-state index contributed by atoms with van der Waals surface area (Å²) in [5.41, 5.74) is 4.66. The van der Waals surface area contributed by atoms with Crippen LogP contribution in [0.5, 0.6) is 0 Å². The van der Waals surface area contributed by atoms with Crippen molar-refractivity contribution in [1.82, 2.24) is 4.90 Å². The Morgan fingerprint density at radius 1 is 1.21 bits per heavy atom. The fourth-order valence-electron chi connectivity index (χ4n) is 3.35. The molecular weight excluding hydrogens is 302 g/mol. The third-order valence-corrected chi connectivity index (χ3v) is 4.68. The van der Waals surface area contributed by atoms with Crippen molar-refractivity contribution in [2.45, 2.75) is 58.7 Å². The Hall–Kier alpha value is -1.81. The van der Waals surface area contributed by atoms with Gasteiger partial charge in [0, 0.05) is 0 Å². The van der Waals surface area contributed by atoms with Crippen LogP contribution >= 0.6 is 0 Å². The van der Waals surface area contributed by atoms with Crippen LogP contribution in [0.3, 0.4) is 0 Å². The van der Waals surface area contributed by atoms with E-state index in [1.54, 1.807) is 0 Å². The molecule has 2 aliphatic rings. The lowest BCUT2D eigenvalue weighted by Gasteiger charge is -2.44.